The topological polar surface area (TPSA) is 85.9 Å². The Balaban J connectivity index is 1.62. The van der Waals surface area contributed by atoms with Gasteiger partial charge in [0.25, 0.3) is 0 Å². The number of hydrogen-bond donors (Lipinski definition) is 2. The van der Waals surface area contributed by atoms with Crippen molar-refractivity contribution in [3.05, 3.63) is 54.1 Å². The van der Waals surface area contributed by atoms with Crippen molar-refractivity contribution in [2.75, 3.05) is 38.8 Å². The van der Waals surface area contributed by atoms with Gasteiger partial charge in [-0.2, -0.15) is 0 Å². The zero-order valence-corrected chi connectivity index (χ0v) is 17.4. The molecule has 1 aliphatic heterocycles. The van der Waals surface area contributed by atoms with Crippen LogP contribution in [-0.4, -0.2) is 45.3 Å². The number of anilines is 1. The highest BCUT2D eigenvalue weighted by Gasteiger charge is 2.35. The zero-order chi connectivity index (χ0) is 21.4. The fourth-order valence-corrected chi connectivity index (χ4v) is 3.59. The second-order valence-corrected chi connectivity index (χ2v) is 7.22. The third-order valence-electron chi connectivity index (χ3n) is 5.37. The minimum absolute atomic E-state index is 0.278. The average Bonchev–Trinajstić information content (AvgIpc) is 2.79. The molecule has 1 fully saturated rings. The van der Waals surface area contributed by atoms with Gasteiger partial charge in [-0.1, -0.05) is 12.1 Å². The van der Waals surface area contributed by atoms with Crippen LogP contribution in [0.5, 0.6) is 11.5 Å². The maximum atomic E-state index is 12.4. The first-order valence-electron chi connectivity index (χ1n) is 10.1. The predicted molar refractivity (Wildman–Crippen MR) is 114 cm³/mol. The summed E-state index contributed by atoms with van der Waals surface area (Å²) in [5, 5.41) is 5.43. The number of ether oxygens (including phenoxy) is 3. The van der Waals surface area contributed by atoms with Crippen LogP contribution in [0.2, 0.25) is 0 Å². The Morgan fingerprint density at radius 2 is 1.60 bits per heavy atom. The predicted octanol–water partition coefficient (Wildman–Crippen LogP) is 2.90. The molecule has 0 spiro atoms. The lowest BCUT2D eigenvalue weighted by Crippen LogP contribution is -2.47. The Morgan fingerprint density at radius 1 is 0.967 bits per heavy atom. The summed E-state index contributed by atoms with van der Waals surface area (Å²) in [7, 11) is 1.63. The van der Waals surface area contributed by atoms with Crippen molar-refractivity contribution in [2.24, 2.45) is 0 Å². The lowest BCUT2D eigenvalue weighted by molar-refractivity contribution is -0.136. The molecule has 2 N–H and O–H groups in total. The first-order valence-corrected chi connectivity index (χ1v) is 10.1. The molecule has 0 bridgehead atoms. The lowest BCUT2D eigenvalue weighted by Gasteiger charge is -2.38. The van der Waals surface area contributed by atoms with Crippen molar-refractivity contribution in [1.82, 2.24) is 5.32 Å². The van der Waals surface area contributed by atoms with E-state index in [1.165, 1.54) is 0 Å². The second-order valence-electron chi connectivity index (χ2n) is 7.22. The van der Waals surface area contributed by atoms with E-state index in [0.717, 1.165) is 24.2 Å². The van der Waals surface area contributed by atoms with Gasteiger partial charge in [-0.3, -0.25) is 9.59 Å². The SMILES string of the molecule is CCOc1ccc(NC(=O)C(=O)NCC2(c3ccc(OC)cc3)CCOCC2)cc1. The Hall–Kier alpha value is -3.06. The number of carbonyl (C=O) groups excluding carboxylic acids is 2. The summed E-state index contributed by atoms with van der Waals surface area (Å²) in [5.41, 5.74) is 1.35. The summed E-state index contributed by atoms with van der Waals surface area (Å²) in [5.74, 6) is 0.125. The van der Waals surface area contributed by atoms with E-state index < -0.39 is 11.8 Å². The van der Waals surface area contributed by atoms with E-state index >= 15 is 0 Å². The third kappa shape index (κ3) is 5.30. The van der Waals surface area contributed by atoms with Crippen molar-refractivity contribution in [1.29, 1.82) is 0 Å². The molecule has 0 aliphatic carbocycles. The fourth-order valence-electron chi connectivity index (χ4n) is 3.59. The van der Waals surface area contributed by atoms with Crippen LogP contribution in [0.15, 0.2) is 48.5 Å². The summed E-state index contributed by atoms with van der Waals surface area (Å²) in [6.45, 7) is 4.05. The van der Waals surface area contributed by atoms with Crippen LogP contribution < -0.4 is 20.1 Å². The molecule has 1 heterocycles. The first-order chi connectivity index (χ1) is 14.6. The normalized spacial score (nSPS) is 15.1. The Morgan fingerprint density at radius 3 is 2.20 bits per heavy atom. The van der Waals surface area contributed by atoms with Gasteiger partial charge in [-0.15, -0.1) is 0 Å². The fraction of sp³-hybridized carbons (Fsp3) is 0.391. The highest BCUT2D eigenvalue weighted by atomic mass is 16.5. The smallest absolute Gasteiger partial charge is 0.313 e. The molecule has 160 valence electrons. The van der Waals surface area contributed by atoms with Gasteiger partial charge >= 0.3 is 11.8 Å². The molecule has 0 radical (unpaired) electrons. The van der Waals surface area contributed by atoms with Gasteiger partial charge in [-0.25, -0.2) is 0 Å². The van der Waals surface area contributed by atoms with Crippen LogP contribution in [0.3, 0.4) is 0 Å². The van der Waals surface area contributed by atoms with Gasteiger partial charge < -0.3 is 24.8 Å². The average molecular weight is 412 g/mol. The van der Waals surface area contributed by atoms with Crippen molar-refractivity contribution >= 4 is 17.5 Å². The van der Waals surface area contributed by atoms with E-state index in [9.17, 15) is 9.59 Å². The van der Waals surface area contributed by atoms with Crippen molar-refractivity contribution in [3.8, 4) is 11.5 Å². The molecule has 0 atom stereocenters. The molecule has 7 nitrogen and oxygen atoms in total. The number of nitrogens with one attached hydrogen (secondary N) is 2. The van der Waals surface area contributed by atoms with Crippen molar-refractivity contribution in [3.63, 3.8) is 0 Å². The molecule has 1 saturated heterocycles. The van der Waals surface area contributed by atoms with Gasteiger partial charge in [0.1, 0.15) is 11.5 Å². The summed E-state index contributed by atoms with van der Waals surface area (Å²) in [6, 6.07) is 14.7. The maximum absolute atomic E-state index is 12.4. The second kappa shape index (κ2) is 10.1. The molecule has 1 aliphatic rings. The molecule has 7 heteroatoms. The third-order valence-corrected chi connectivity index (χ3v) is 5.37. The van der Waals surface area contributed by atoms with Crippen LogP contribution in [-0.2, 0) is 19.7 Å². The summed E-state index contributed by atoms with van der Waals surface area (Å²) in [6.07, 6.45) is 1.53. The molecule has 2 aromatic rings. The molecule has 30 heavy (non-hydrogen) atoms. The maximum Gasteiger partial charge on any atom is 0.313 e. The van der Waals surface area contributed by atoms with Crippen LogP contribution in [0.4, 0.5) is 5.69 Å². The molecule has 2 aromatic carbocycles. The summed E-state index contributed by atoms with van der Waals surface area (Å²) < 4.78 is 16.1. The number of carbonyl (C=O) groups is 2. The van der Waals surface area contributed by atoms with E-state index in [4.69, 9.17) is 14.2 Å². The van der Waals surface area contributed by atoms with Gasteiger partial charge in [0.15, 0.2) is 0 Å². The van der Waals surface area contributed by atoms with E-state index in [1.54, 1.807) is 31.4 Å². The minimum Gasteiger partial charge on any atom is -0.497 e. The largest absolute Gasteiger partial charge is 0.497 e. The molecule has 0 saturated carbocycles. The van der Waals surface area contributed by atoms with E-state index in [-0.39, 0.29) is 5.41 Å². The first kappa shape index (κ1) is 21.6. The van der Waals surface area contributed by atoms with E-state index in [2.05, 4.69) is 10.6 Å². The highest BCUT2D eigenvalue weighted by molar-refractivity contribution is 6.39. The van der Waals surface area contributed by atoms with Gasteiger partial charge in [0.05, 0.1) is 13.7 Å². The van der Waals surface area contributed by atoms with Crippen molar-refractivity contribution < 1.29 is 23.8 Å². The number of benzene rings is 2. The lowest BCUT2D eigenvalue weighted by atomic mass is 9.74. The quantitative estimate of drug-likeness (QED) is 0.683. The molecular formula is C23H28N2O5. The number of rotatable bonds is 7. The van der Waals surface area contributed by atoms with Gasteiger partial charge in [0, 0.05) is 30.9 Å². The zero-order valence-electron chi connectivity index (χ0n) is 17.4. The van der Waals surface area contributed by atoms with Crippen LogP contribution >= 0.6 is 0 Å². The van der Waals surface area contributed by atoms with Gasteiger partial charge in [0.2, 0.25) is 0 Å². The van der Waals surface area contributed by atoms with Crippen molar-refractivity contribution in [2.45, 2.75) is 25.2 Å². The Labute approximate surface area is 176 Å². The highest BCUT2D eigenvalue weighted by Crippen LogP contribution is 2.35. The summed E-state index contributed by atoms with van der Waals surface area (Å²) >= 11 is 0. The van der Waals surface area contributed by atoms with Gasteiger partial charge in [-0.05, 0) is 61.7 Å². The molecule has 2 amide bonds. The molecular weight excluding hydrogens is 384 g/mol. The number of amides is 2. The molecule has 0 unspecified atom stereocenters. The summed E-state index contributed by atoms with van der Waals surface area (Å²) in [4.78, 5) is 24.8. The number of hydrogen-bond acceptors (Lipinski definition) is 5. The number of methoxy groups -OCH3 is 1. The molecule has 3 rings (SSSR count). The standard InChI is InChI=1S/C23H28N2O5/c1-3-30-20-10-6-18(7-11-20)25-22(27)21(26)24-16-23(12-14-29-15-13-23)17-4-8-19(28-2)9-5-17/h4-11H,3,12-16H2,1-2H3,(H,24,26)(H,25,27). The Bertz CT molecular complexity index is 843. The molecule has 0 aromatic heterocycles. The van der Waals surface area contributed by atoms with E-state index in [1.807, 2.05) is 31.2 Å². The minimum atomic E-state index is -0.698. The van der Waals surface area contributed by atoms with Crippen LogP contribution in [0.25, 0.3) is 0 Å². The van der Waals surface area contributed by atoms with Crippen LogP contribution in [0, 0.1) is 0 Å². The van der Waals surface area contributed by atoms with E-state index in [0.29, 0.717) is 37.8 Å². The van der Waals surface area contributed by atoms with Crippen LogP contribution in [0.1, 0.15) is 25.3 Å². The Kier molecular flexibility index (Phi) is 7.30. The monoisotopic (exact) mass is 412 g/mol.